The maximum absolute atomic E-state index is 12.5. The molecule has 0 aliphatic rings. The van der Waals surface area contributed by atoms with Crippen molar-refractivity contribution in [1.82, 2.24) is 20.3 Å². The Kier molecular flexibility index (Phi) is 5.53. The van der Waals surface area contributed by atoms with Gasteiger partial charge in [0.1, 0.15) is 11.5 Å². The van der Waals surface area contributed by atoms with Crippen LogP contribution in [-0.2, 0) is 0 Å². The number of hydrogen-bond acceptors (Lipinski definition) is 9. The number of fused-ring (bicyclic) bond motifs is 1. The average Bonchev–Trinajstić information content (AvgIpc) is 3.13. The zero-order valence-electron chi connectivity index (χ0n) is 15.9. The fraction of sp³-hybridized carbons (Fsp3) is 0.111. The number of benzene rings is 2. The summed E-state index contributed by atoms with van der Waals surface area (Å²) in [4.78, 5) is 8.27. The highest BCUT2D eigenvalue weighted by atomic mass is 19.4. The van der Waals surface area contributed by atoms with Gasteiger partial charge in [-0.2, -0.15) is 0 Å². The van der Waals surface area contributed by atoms with E-state index in [1.807, 2.05) is 0 Å². The van der Waals surface area contributed by atoms with Crippen molar-refractivity contribution in [1.29, 1.82) is 0 Å². The van der Waals surface area contributed by atoms with Crippen molar-refractivity contribution < 1.29 is 40.4 Å². The summed E-state index contributed by atoms with van der Waals surface area (Å²) in [5.74, 6) is -1.05. The molecule has 0 bridgehead atoms. The van der Waals surface area contributed by atoms with E-state index in [9.17, 15) is 26.3 Å². The van der Waals surface area contributed by atoms with E-state index in [0.29, 0.717) is 0 Å². The van der Waals surface area contributed by atoms with Crippen LogP contribution in [0.3, 0.4) is 0 Å². The van der Waals surface area contributed by atoms with Crippen LogP contribution in [0.4, 0.5) is 49.4 Å². The lowest BCUT2D eigenvalue weighted by atomic mass is 10.3. The van der Waals surface area contributed by atoms with Gasteiger partial charge in [0.15, 0.2) is 11.6 Å². The molecule has 0 saturated carbocycles. The molecule has 2 aromatic carbocycles. The molecule has 0 atom stereocenters. The van der Waals surface area contributed by atoms with Crippen LogP contribution < -0.4 is 20.1 Å². The Morgan fingerprint density at radius 1 is 0.667 bits per heavy atom. The lowest BCUT2D eigenvalue weighted by molar-refractivity contribution is -0.275. The number of aromatic nitrogens is 4. The van der Waals surface area contributed by atoms with Gasteiger partial charge in [0, 0.05) is 23.5 Å². The van der Waals surface area contributed by atoms with Gasteiger partial charge < -0.3 is 20.1 Å². The van der Waals surface area contributed by atoms with Crippen LogP contribution in [0.25, 0.3) is 11.3 Å². The first-order valence-corrected chi connectivity index (χ1v) is 8.80. The normalized spacial score (nSPS) is 11.9. The minimum absolute atomic E-state index is 0.0279. The summed E-state index contributed by atoms with van der Waals surface area (Å²) in [7, 11) is 0. The van der Waals surface area contributed by atoms with Crippen LogP contribution in [0.1, 0.15) is 0 Å². The first-order chi connectivity index (χ1) is 15.5. The molecule has 0 aliphatic carbocycles. The summed E-state index contributed by atoms with van der Waals surface area (Å²) in [6, 6.07) is 9.77. The van der Waals surface area contributed by atoms with Gasteiger partial charge in [-0.3, -0.25) is 0 Å². The predicted molar refractivity (Wildman–Crippen MR) is 100 cm³/mol. The molecule has 0 fully saturated rings. The van der Waals surface area contributed by atoms with Crippen LogP contribution in [0.15, 0.2) is 53.2 Å². The molecule has 4 aromatic rings. The maximum Gasteiger partial charge on any atom is 0.573 e. The number of hydrogen-bond donors (Lipinski definition) is 2. The van der Waals surface area contributed by atoms with Gasteiger partial charge in [-0.05, 0) is 34.6 Å². The van der Waals surface area contributed by atoms with Crippen molar-refractivity contribution in [3.63, 3.8) is 0 Å². The smallest absolute Gasteiger partial charge is 0.406 e. The lowest BCUT2D eigenvalue weighted by Gasteiger charge is -2.14. The highest BCUT2D eigenvalue weighted by Crippen LogP contribution is 2.31. The second-order valence-electron chi connectivity index (χ2n) is 6.23. The third-order valence-corrected chi connectivity index (χ3v) is 3.78. The predicted octanol–water partition coefficient (Wildman–Crippen LogP) is 5.30. The largest absolute Gasteiger partial charge is 0.573 e. The average molecular weight is 472 g/mol. The van der Waals surface area contributed by atoms with E-state index < -0.39 is 24.2 Å². The molecule has 0 saturated heterocycles. The minimum Gasteiger partial charge on any atom is -0.406 e. The van der Waals surface area contributed by atoms with Crippen molar-refractivity contribution in [3.8, 4) is 11.5 Å². The molecule has 172 valence electrons. The quantitative estimate of drug-likeness (QED) is 0.362. The van der Waals surface area contributed by atoms with Crippen LogP contribution >= 0.6 is 0 Å². The van der Waals surface area contributed by atoms with Crippen LogP contribution in [0, 0.1) is 0 Å². The molecule has 9 nitrogen and oxygen atoms in total. The molecule has 0 aliphatic heterocycles. The van der Waals surface area contributed by atoms with Gasteiger partial charge in [-0.15, -0.1) is 26.3 Å². The lowest BCUT2D eigenvalue weighted by Crippen LogP contribution is -2.17. The summed E-state index contributed by atoms with van der Waals surface area (Å²) in [6.07, 6.45) is -9.78. The number of nitrogens with one attached hydrogen (secondary N) is 2. The van der Waals surface area contributed by atoms with Crippen LogP contribution in [0.2, 0.25) is 0 Å². The van der Waals surface area contributed by atoms with E-state index in [1.54, 1.807) is 0 Å². The van der Waals surface area contributed by atoms with Crippen molar-refractivity contribution in [3.05, 3.63) is 48.5 Å². The maximum atomic E-state index is 12.5. The molecule has 0 radical (unpaired) electrons. The zero-order valence-corrected chi connectivity index (χ0v) is 15.9. The van der Waals surface area contributed by atoms with Gasteiger partial charge in [-0.1, -0.05) is 12.1 Å². The standard InChI is InChI=1S/C18H10F6N6O3/c19-17(20,21)31-11-5-1-3-9(7-11)25-13-14(28-16-15(27-13)29-33-30-16)26-10-4-2-6-12(8-10)32-18(22,23)24/h1-8H,(H,25,27,29)(H,26,28,30). The summed E-state index contributed by atoms with van der Waals surface area (Å²) in [5, 5.41) is 12.6. The van der Waals surface area contributed by atoms with Crippen LogP contribution in [0.5, 0.6) is 11.5 Å². The van der Waals surface area contributed by atoms with E-state index >= 15 is 0 Å². The summed E-state index contributed by atoms with van der Waals surface area (Å²) >= 11 is 0. The van der Waals surface area contributed by atoms with Crippen molar-refractivity contribution in [2.24, 2.45) is 0 Å². The van der Waals surface area contributed by atoms with Crippen molar-refractivity contribution in [2.75, 3.05) is 10.6 Å². The fourth-order valence-corrected chi connectivity index (χ4v) is 2.63. The second-order valence-corrected chi connectivity index (χ2v) is 6.23. The zero-order chi connectivity index (χ0) is 23.6. The number of rotatable bonds is 6. The molecule has 2 N–H and O–H groups in total. The first kappa shape index (κ1) is 21.9. The number of alkyl halides is 6. The number of ether oxygens (including phenoxy) is 2. The summed E-state index contributed by atoms with van der Waals surface area (Å²) < 4.78 is 87.3. The molecule has 4 rings (SSSR count). The van der Waals surface area contributed by atoms with Gasteiger partial charge in [-0.25, -0.2) is 14.6 Å². The molecule has 2 heterocycles. The van der Waals surface area contributed by atoms with Crippen molar-refractivity contribution in [2.45, 2.75) is 12.7 Å². The van der Waals surface area contributed by atoms with Gasteiger partial charge in [0.25, 0.3) is 0 Å². The van der Waals surface area contributed by atoms with E-state index in [4.69, 9.17) is 0 Å². The number of anilines is 4. The van der Waals surface area contributed by atoms with Crippen LogP contribution in [-0.4, -0.2) is 33.0 Å². The Morgan fingerprint density at radius 3 is 1.48 bits per heavy atom. The SMILES string of the molecule is FC(F)(F)Oc1cccc(Nc2nc3nonc3nc2Nc2cccc(OC(F)(F)F)c2)c1. The van der Waals surface area contributed by atoms with E-state index in [2.05, 4.69) is 45.0 Å². The number of halogens is 6. The second kappa shape index (κ2) is 8.33. The summed E-state index contributed by atoms with van der Waals surface area (Å²) in [6.45, 7) is 0. The van der Waals surface area contributed by atoms with E-state index in [-0.39, 0.29) is 34.3 Å². The molecular weight excluding hydrogens is 462 g/mol. The van der Waals surface area contributed by atoms with E-state index in [1.165, 1.54) is 24.3 Å². The Morgan fingerprint density at radius 2 is 1.09 bits per heavy atom. The molecule has 15 heteroatoms. The topological polar surface area (TPSA) is 107 Å². The minimum atomic E-state index is -4.89. The third-order valence-electron chi connectivity index (χ3n) is 3.78. The first-order valence-electron chi connectivity index (χ1n) is 8.80. The Balaban J connectivity index is 1.65. The van der Waals surface area contributed by atoms with Gasteiger partial charge >= 0.3 is 12.7 Å². The number of nitrogens with zero attached hydrogens (tertiary/aromatic N) is 4. The van der Waals surface area contributed by atoms with Gasteiger partial charge in [0.05, 0.1) is 0 Å². The Bertz CT molecular complexity index is 1180. The highest BCUT2D eigenvalue weighted by molar-refractivity contribution is 5.79. The molecule has 33 heavy (non-hydrogen) atoms. The Hall–Kier alpha value is -4.30. The molecule has 0 amide bonds. The Labute approximate surface area is 179 Å². The molecule has 0 unspecified atom stereocenters. The van der Waals surface area contributed by atoms with E-state index in [0.717, 1.165) is 24.3 Å². The summed E-state index contributed by atoms with van der Waals surface area (Å²) in [5.41, 5.74) is 0.220. The molecule has 2 aromatic heterocycles. The fourth-order valence-electron chi connectivity index (χ4n) is 2.63. The molecular formula is C18H10F6N6O3. The monoisotopic (exact) mass is 472 g/mol. The van der Waals surface area contributed by atoms with Crippen molar-refractivity contribution >= 4 is 34.3 Å². The highest BCUT2D eigenvalue weighted by Gasteiger charge is 2.32. The van der Waals surface area contributed by atoms with Gasteiger partial charge in [0.2, 0.25) is 11.3 Å². The third kappa shape index (κ3) is 5.90. The molecule has 0 spiro atoms.